The highest BCUT2D eigenvalue weighted by Crippen LogP contribution is 2.31. The smallest absolute Gasteiger partial charge is 0.407 e. The number of aliphatic carboxylic acids is 1. The van der Waals surface area contributed by atoms with Crippen LogP contribution in [0, 0.1) is 11.8 Å². The summed E-state index contributed by atoms with van der Waals surface area (Å²) in [5, 5.41) is 11.7. The Balaban J connectivity index is 2.55. The summed E-state index contributed by atoms with van der Waals surface area (Å²) in [6.07, 6.45) is 0.759. The van der Waals surface area contributed by atoms with E-state index in [1.807, 2.05) is 6.92 Å². The van der Waals surface area contributed by atoms with Gasteiger partial charge in [0.2, 0.25) is 0 Å². The van der Waals surface area contributed by atoms with Crippen molar-refractivity contribution in [2.75, 3.05) is 0 Å². The van der Waals surface area contributed by atoms with Crippen LogP contribution in [0.25, 0.3) is 0 Å². The maximum absolute atomic E-state index is 11.6. The van der Waals surface area contributed by atoms with E-state index in [1.54, 1.807) is 20.8 Å². The Morgan fingerprint density at radius 2 is 1.88 bits per heavy atom. The number of hydrogen-bond acceptors (Lipinski definition) is 3. The Morgan fingerprint density at radius 3 is 2.35 bits per heavy atom. The minimum atomic E-state index is -0.851. The predicted octanol–water partition coefficient (Wildman–Crippen LogP) is 2.01. The van der Waals surface area contributed by atoms with Crippen LogP contribution >= 0.6 is 0 Å². The van der Waals surface area contributed by atoms with E-state index in [0.717, 1.165) is 0 Å². The number of carboxylic acids is 1. The Bertz CT molecular complexity index is 308. The molecule has 3 atom stereocenters. The lowest BCUT2D eigenvalue weighted by atomic mass is 10.0. The molecule has 2 N–H and O–H groups in total. The van der Waals surface area contributed by atoms with Gasteiger partial charge in [-0.25, -0.2) is 4.79 Å². The van der Waals surface area contributed by atoms with Crippen LogP contribution in [0.2, 0.25) is 0 Å². The first kappa shape index (κ1) is 13.8. The fourth-order valence-corrected chi connectivity index (χ4v) is 2.18. The van der Waals surface area contributed by atoms with Crippen molar-refractivity contribution in [2.24, 2.45) is 11.8 Å². The molecule has 1 fully saturated rings. The van der Waals surface area contributed by atoms with E-state index in [2.05, 4.69) is 5.32 Å². The van der Waals surface area contributed by atoms with Crippen molar-refractivity contribution in [3.05, 3.63) is 0 Å². The molecule has 1 aliphatic rings. The third kappa shape index (κ3) is 4.24. The summed E-state index contributed by atoms with van der Waals surface area (Å²) in [6, 6.07) is -0.322. The molecular formula is C12H21NO4. The molecule has 0 aromatic heterocycles. The van der Waals surface area contributed by atoms with E-state index in [9.17, 15) is 9.59 Å². The standard InChI is InChI=1S/C12H21NO4/c1-7-5-8(10(14)15)9(6-7)13-11(16)17-12(2,3)4/h7-9H,5-6H2,1-4H3,(H,13,16)(H,14,15). The second kappa shape index (κ2) is 4.94. The molecule has 0 bridgehead atoms. The fraction of sp³-hybridized carbons (Fsp3) is 0.833. The first-order valence-corrected chi connectivity index (χ1v) is 5.91. The van der Waals surface area contributed by atoms with Crippen molar-refractivity contribution >= 4 is 12.1 Å². The molecule has 1 rings (SSSR count). The van der Waals surface area contributed by atoms with Crippen LogP contribution in [0.4, 0.5) is 4.79 Å². The molecule has 98 valence electrons. The molecule has 1 saturated carbocycles. The highest BCUT2D eigenvalue weighted by molar-refractivity contribution is 5.74. The quantitative estimate of drug-likeness (QED) is 0.778. The summed E-state index contributed by atoms with van der Waals surface area (Å²) in [5.41, 5.74) is -0.562. The number of nitrogens with one attached hydrogen (secondary N) is 1. The molecule has 0 aromatic rings. The minimum absolute atomic E-state index is 0.316. The summed E-state index contributed by atoms with van der Waals surface area (Å²) in [4.78, 5) is 22.6. The first-order chi connectivity index (χ1) is 7.69. The second-order valence-corrected chi connectivity index (χ2v) is 5.77. The Labute approximate surface area is 102 Å². The van der Waals surface area contributed by atoms with Gasteiger partial charge in [-0.3, -0.25) is 4.79 Å². The van der Waals surface area contributed by atoms with Crippen LogP contribution in [-0.2, 0) is 9.53 Å². The first-order valence-electron chi connectivity index (χ1n) is 5.91. The molecule has 1 aliphatic carbocycles. The van der Waals surface area contributed by atoms with Gasteiger partial charge < -0.3 is 15.2 Å². The van der Waals surface area contributed by atoms with Gasteiger partial charge in [-0.1, -0.05) is 6.92 Å². The van der Waals surface area contributed by atoms with Gasteiger partial charge in [0, 0.05) is 6.04 Å². The third-order valence-electron chi connectivity index (χ3n) is 2.82. The predicted molar refractivity (Wildman–Crippen MR) is 62.7 cm³/mol. The molecule has 0 aromatic carbocycles. The highest BCUT2D eigenvalue weighted by Gasteiger charge is 2.38. The summed E-state index contributed by atoms with van der Waals surface area (Å²) in [6.45, 7) is 7.32. The van der Waals surface area contributed by atoms with Crippen molar-refractivity contribution in [3.8, 4) is 0 Å². The SMILES string of the molecule is CC1CC(NC(=O)OC(C)(C)C)C(C(=O)O)C1. The number of hydrogen-bond donors (Lipinski definition) is 2. The minimum Gasteiger partial charge on any atom is -0.481 e. The molecule has 3 unspecified atom stereocenters. The van der Waals surface area contributed by atoms with Gasteiger partial charge in [0.05, 0.1) is 5.92 Å². The van der Waals surface area contributed by atoms with Crippen LogP contribution in [0.15, 0.2) is 0 Å². The summed E-state index contributed by atoms with van der Waals surface area (Å²) < 4.78 is 5.12. The number of carbonyl (C=O) groups is 2. The van der Waals surface area contributed by atoms with E-state index in [1.165, 1.54) is 0 Å². The molecule has 1 amide bonds. The summed E-state index contributed by atoms with van der Waals surface area (Å²) in [5.74, 6) is -1.04. The van der Waals surface area contributed by atoms with Gasteiger partial charge in [-0.15, -0.1) is 0 Å². The zero-order valence-corrected chi connectivity index (χ0v) is 10.8. The van der Waals surface area contributed by atoms with Crippen molar-refractivity contribution in [3.63, 3.8) is 0 Å². The van der Waals surface area contributed by atoms with Crippen LogP contribution in [0.1, 0.15) is 40.5 Å². The summed E-state index contributed by atoms with van der Waals surface area (Å²) in [7, 11) is 0. The molecule has 5 heteroatoms. The molecule has 0 spiro atoms. The van der Waals surface area contributed by atoms with Gasteiger partial charge in [-0.05, 0) is 39.5 Å². The lowest BCUT2D eigenvalue weighted by Gasteiger charge is -2.23. The number of carbonyl (C=O) groups excluding carboxylic acids is 1. The molecule has 0 radical (unpaired) electrons. The van der Waals surface area contributed by atoms with Crippen LogP contribution < -0.4 is 5.32 Å². The molecule has 17 heavy (non-hydrogen) atoms. The highest BCUT2D eigenvalue weighted by atomic mass is 16.6. The number of amides is 1. The molecule has 0 saturated heterocycles. The van der Waals surface area contributed by atoms with E-state index in [4.69, 9.17) is 9.84 Å². The maximum Gasteiger partial charge on any atom is 0.407 e. The Kier molecular flexibility index (Phi) is 4.01. The Morgan fingerprint density at radius 1 is 1.29 bits per heavy atom. The van der Waals surface area contributed by atoms with E-state index >= 15 is 0 Å². The lowest BCUT2D eigenvalue weighted by Crippen LogP contribution is -2.42. The normalized spacial score (nSPS) is 28.8. The van der Waals surface area contributed by atoms with Crippen LogP contribution in [0.5, 0.6) is 0 Å². The van der Waals surface area contributed by atoms with Gasteiger partial charge in [0.1, 0.15) is 5.60 Å². The number of alkyl carbamates (subject to hydrolysis) is 1. The second-order valence-electron chi connectivity index (χ2n) is 5.77. The van der Waals surface area contributed by atoms with Gasteiger partial charge in [0.15, 0.2) is 0 Å². The average molecular weight is 243 g/mol. The van der Waals surface area contributed by atoms with Crippen molar-refractivity contribution in [1.29, 1.82) is 0 Å². The zero-order valence-electron chi connectivity index (χ0n) is 10.8. The zero-order chi connectivity index (χ0) is 13.2. The lowest BCUT2D eigenvalue weighted by molar-refractivity contribution is -0.142. The van der Waals surface area contributed by atoms with Crippen molar-refractivity contribution in [2.45, 2.75) is 52.2 Å². The van der Waals surface area contributed by atoms with Gasteiger partial charge in [0.25, 0.3) is 0 Å². The number of ether oxygens (including phenoxy) is 1. The summed E-state index contributed by atoms with van der Waals surface area (Å²) >= 11 is 0. The molecule has 0 aliphatic heterocycles. The molecule has 5 nitrogen and oxygen atoms in total. The largest absolute Gasteiger partial charge is 0.481 e. The fourth-order valence-electron chi connectivity index (χ4n) is 2.18. The monoisotopic (exact) mass is 243 g/mol. The average Bonchev–Trinajstić information content (AvgIpc) is 2.42. The van der Waals surface area contributed by atoms with E-state index in [-0.39, 0.29) is 6.04 Å². The number of carboxylic acid groups (broad SMARTS) is 1. The third-order valence-corrected chi connectivity index (χ3v) is 2.82. The molecular weight excluding hydrogens is 222 g/mol. The maximum atomic E-state index is 11.6. The van der Waals surface area contributed by atoms with Crippen LogP contribution in [-0.4, -0.2) is 28.8 Å². The van der Waals surface area contributed by atoms with Gasteiger partial charge in [-0.2, -0.15) is 0 Å². The van der Waals surface area contributed by atoms with E-state index < -0.39 is 23.6 Å². The van der Waals surface area contributed by atoms with Crippen LogP contribution in [0.3, 0.4) is 0 Å². The molecule has 0 heterocycles. The van der Waals surface area contributed by atoms with Crippen molar-refractivity contribution < 1.29 is 19.4 Å². The number of rotatable bonds is 2. The van der Waals surface area contributed by atoms with E-state index in [0.29, 0.717) is 18.8 Å². The topological polar surface area (TPSA) is 75.6 Å². The van der Waals surface area contributed by atoms with Crippen molar-refractivity contribution in [1.82, 2.24) is 5.32 Å². The Hall–Kier alpha value is -1.26. The van der Waals surface area contributed by atoms with Gasteiger partial charge >= 0.3 is 12.1 Å².